The maximum Gasteiger partial charge on any atom is 0.137 e. The summed E-state index contributed by atoms with van der Waals surface area (Å²) >= 11 is 6.34. The maximum absolute atomic E-state index is 13.1. The van der Waals surface area contributed by atoms with Crippen LogP contribution in [-0.4, -0.2) is 11.5 Å². The van der Waals surface area contributed by atoms with E-state index in [-0.39, 0.29) is 5.82 Å². The van der Waals surface area contributed by atoms with Gasteiger partial charge in [0.2, 0.25) is 0 Å². The van der Waals surface area contributed by atoms with Gasteiger partial charge in [-0.1, -0.05) is 23.7 Å². The van der Waals surface area contributed by atoms with Crippen molar-refractivity contribution in [2.75, 3.05) is 11.9 Å². The molecule has 0 saturated heterocycles. The zero-order chi connectivity index (χ0) is 15.1. The summed E-state index contributed by atoms with van der Waals surface area (Å²) in [5, 5.41) is 4.90. The SMILES string of the molecule is Fc1ccc(-c2cc3cc4c(cc3nc2Cl)NCCC4)cc1. The fourth-order valence-corrected chi connectivity index (χ4v) is 3.21. The number of benzene rings is 2. The van der Waals surface area contributed by atoms with Crippen LogP contribution < -0.4 is 5.32 Å². The number of nitrogens with zero attached hydrogens (tertiary/aromatic N) is 1. The fraction of sp³-hybridized carbons (Fsp3) is 0.167. The molecule has 0 spiro atoms. The van der Waals surface area contributed by atoms with Crippen LogP contribution in [0, 0.1) is 5.82 Å². The van der Waals surface area contributed by atoms with Crippen LogP contribution in [0.4, 0.5) is 10.1 Å². The minimum Gasteiger partial charge on any atom is -0.385 e. The summed E-state index contributed by atoms with van der Waals surface area (Å²) in [4.78, 5) is 4.51. The molecule has 4 heteroatoms. The average molecular weight is 313 g/mol. The Hall–Kier alpha value is -2.13. The van der Waals surface area contributed by atoms with Gasteiger partial charge in [0.25, 0.3) is 0 Å². The van der Waals surface area contributed by atoms with Crippen LogP contribution in [-0.2, 0) is 6.42 Å². The molecule has 1 aromatic heterocycles. The van der Waals surface area contributed by atoms with Gasteiger partial charge in [-0.3, -0.25) is 0 Å². The molecule has 1 N–H and O–H groups in total. The van der Waals surface area contributed by atoms with Crippen molar-refractivity contribution >= 4 is 28.2 Å². The molecule has 0 saturated carbocycles. The lowest BCUT2D eigenvalue weighted by Crippen LogP contribution is -2.11. The lowest BCUT2D eigenvalue weighted by atomic mass is 9.99. The summed E-state index contributed by atoms with van der Waals surface area (Å²) < 4.78 is 13.1. The van der Waals surface area contributed by atoms with Gasteiger partial charge in [0.05, 0.1) is 5.52 Å². The third-order valence-corrected chi connectivity index (χ3v) is 4.37. The van der Waals surface area contributed by atoms with Crippen molar-refractivity contribution in [3.05, 3.63) is 59.0 Å². The molecule has 4 rings (SSSR count). The van der Waals surface area contributed by atoms with E-state index in [4.69, 9.17) is 11.6 Å². The van der Waals surface area contributed by atoms with Crippen LogP contribution in [0.3, 0.4) is 0 Å². The van der Waals surface area contributed by atoms with Crippen LogP contribution in [0.5, 0.6) is 0 Å². The minimum atomic E-state index is -0.256. The molecule has 0 unspecified atom stereocenters. The fourth-order valence-electron chi connectivity index (χ4n) is 2.95. The summed E-state index contributed by atoms with van der Waals surface area (Å²) in [6, 6.07) is 12.6. The first-order valence-electron chi connectivity index (χ1n) is 7.34. The van der Waals surface area contributed by atoms with Crippen molar-refractivity contribution < 1.29 is 4.39 Å². The second-order valence-electron chi connectivity index (χ2n) is 5.57. The van der Waals surface area contributed by atoms with Gasteiger partial charge in [-0.2, -0.15) is 0 Å². The zero-order valence-corrected chi connectivity index (χ0v) is 12.6. The largest absolute Gasteiger partial charge is 0.385 e. The second-order valence-corrected chi connectivity index (χ2v) is 5.92. The highest BCUT2D eigenvalue weighted by Crippen LogP contribution is 2.33. The summed E-state index contributed by atoms with van der Waals surface area (Å²) in [6.07, 6.45) is 2.22. The number of aromatic nitrogens is 1. The summed E-state index contributed by atoms with van der Waals surface area (Å²) in [7, 11) is 0. The number of rotatable bonds is 1. The van der Waals surface area contributed by atoms with Crippen molar-refractivity contribution in [2.24, 2.45) is 0 Å². The lowest BCUT2D eigenvalue weighted by Gasteiger charge is -2.18. The number of hydrogen-bond donors (Lipinski definition) is 1. The van der Waals surface area contributed by atoms with E-state index in [1.807, 2.05) is 6.07 Å². The summed E-state index contributed by atoms with van der Waals surface area (Å²) in [5.41, 5.74) is 5.04. The minimum absolute atomic E-state index is 0.256. The van der Waals surface area contributed by atoms with E-state index in [0.717, 1.165) is 47.1 Å². The van der Waals surface area contributed by atoms with Crippen molar-refractivity contribution in [2.45, 2.75) is 12.8 Å². The van der Waals surface area contributed by atoms with E-state index in [1.165, 1.54) is 17.7 Å². The van der Waals surface area contributed by atoms with Crippen LogP contribution in [0.2, 0.25) is 5.15 Å². The molecule has 1 aliphatic rings. The molecule has 0 aliphatic carbocycles. The number of halogens is 2. The number of nitrogens with one attached hydrogen (secondary N) is 1. The van der Waals surface area contributed by atoms with E-state index in [1.54, 1.807) is 12.1 Å². The smallest absolute Gasteiger partial charge is 0.137 e. The number of aryl methyl sites for hydroxylation is 1. The van der Waals surface area contributed by atoms with E-state index in [0.29, 0.717) is 5.15 Å². The molecule has 2 heterocycles. The number of anilines is 1. The van der Waals surface area contributed by atoms with Crippen molar-refractivity contribution in [1.29, 1.82) is 0 Å². The number of hydrogen-bond acceptors (Lipinski definition) is 2. The molecule has 0 bridgehead atoms. The average Bonchev–Trinajstić information content (AvgIpc) is 2.53. The number of fused-ring (bicyclic) bond motifs is 2. The molecule has 0 fully saturated rings. The first kappa shape index (κ1) is 13.5. The molecule has 0 amide bonds. The molecule has 0 atom stereocenters. The predicted octanol–water partition coefficient (Wildman–Crippen LogP) is 5.05. The van der Waals surface area contributed by atoms with Crippen LogP contribution in [0.25, 0.3) is 22.0 Å². The molecule has 110 valence electrons. The quantitative estimate of drug-likeness (QED) is 0.636. The van der Waals surface area contributed by atoms with Gasteiger partial charge < -0.3 is 5.32 Å². The van der Waals surface area contributed by atoms with Crippen molar-refractivity contribution in [3.63, 3.8) is 0 Å². The zero-order valence-electron chi connectivity index (χ0n) is 11.9. The molecular weight excluding hydrogens is 299 g/mol. The molecule has 2 aromatic carbocycles. The molecule has 0 radical (unpaired) electrons. The monoisotopic (exact) mass is 312 g/mol. The maximum atomic E-state index is 13.1. The first-order chi connectivity index (χ1) is 10.7. The van der Waals surface area contributed by atoms with Gasteiger partial charge in [0.1, 0.15) is 11.0 Å². The van der Waals surface area contributed by atoms with Gasteiger partial charge in [-0.15, -0.1) is 0 Å². The lowest BCUT2D eigenvalue weighted by molar-refractivity contribution is 0.628. The Morgan fingerprint density at radius 1 is 1.09 bits per heavy atom. The van der Waals surface area contributed by atoms with Gasteiger partial charge in [0, 0.05) is 23.2 Å². The van der Waals surface area contributed by atoms with E-state index >= 15 is 0 Å². The Labute approximate surface area is 132 Å². The number of pyridine rings is 1. The predicted molar refractivity (Wildman–Crippen MR) is 89.0 cm³/mol. The van der Waals surface area contributed by atoms with Gasteiger partial charge >= 0.3 is 0 Å². The Morgan fingerprint density at radius 2 is 1.91 bits per heavy atom. The van der Waals surface area contributed by atoms with Crippen molar-refractivity contribution in [3.8, 4) is 11.1 Å². The Balaban J connectivity index is 1.89. The van der Waals surface area contributed by atoms with Gasteiger partial charge in [-0.05, 0) is 54.3 Å². The Kier molecular flexibility index (Phi) is 3.23. The van der Waals surface area contributed by atoms with Crippen LogP contribution in [0.1, 0.15) is 12.0 Å². The molecule has 22 heavy (non-hydrogen) atoms. The summed E-state index contributed by atoms with van der Waals surface area (Å²) in [5.74, 6) is -0.256. The highest BCUT2D eigenvalue weighted by molar-refractivity contribution is 6.32. The Bertz CT molecular complexity index is 859. The van der Waals surface area contributed by atoms with Crippen molar-refractivity contribution in [1.82, 2.24) is 4.98 Å². The van der Waals surface area contributed by atoms with E-state index in [9.17, 15) is 4.39 Å². The second kappa shape index (κ2) is 5.25. The molecular formula is C18H14ClFN2. The van der Waals surface area contributed by atoms with Gasteiger partial charge in [-0.25, -0.2) is 9.37 Å². The third-order valence-electron chi connectivity index (χ3n) is 4.09. The molecule has 1 aliphatic heterocycles. The standard InChI is InChI=1S/C18H14ClFN2/c19-18-15(11-3-5-14(20)6-4-11)9-13-8-12-2-1-7-21-16(12)10-17(13)22-18/h3-6,8-10,21H,1-2,7H2. The third kappa shape index (κ3) is 2.32. The van der Waals surface area contributed by atoms with Gasteiger partial charge in [0.15, 0.2) is 0 Å². The highest BCUT2D eigenvalue weighted by Gasteiger charge is 2.13. The van der Waals surface area contributed by atoms with E-state index in [2.05, 4.69) is 22.4 Å². The molecule has 3 aromatic rings. The van der Waals surface area contributed by atoms with Crippen LogP contribution in [0.15, 0.2) is 42.5 Å². The van der Waals surface area contributed by atoms with Crippen LogP contribution >= 0.6 is 11.6 Å². The normalized spacial score (nSPS) is 13.7. The van der Waals surface area contributed by atoms with E-state index < -0.39 is 0 Å². The molecule has 2 nitrogen and oxygen atoms in total. The summed E-state index contributed by atoms with van der Waals surface area (Å²) in [6.45, 7) is 1.000. The Morgan fingerprint density at radius 3 is 2.73 bits per heavy atom. The highest BCUT2D eigenvalue weighted by atomic mass is 35.5. The first-order valence-corrected chi connectivity index (χ1v) is 7.71. The topological polar surface area (TPSA) is 24.9 Å².